The first-order valence-electron chi connectivity index (χ1n) is 5.54. The largest absolute Gasteiger partial charge is 0.397 e. The van der Waals surface area contributed by atoms with Crippen LogP contribution in [0.3, 0.4) is 0 Å². The second-order valence-electron chi connectivity index (χ2n) is 3.88. The summed E-state index contributed by atoms with van der Waals surface area (Å²) in [6.07, 6.45) is 1.79. The van der Waals surface area contributed by atoms with Gasteiger partial charge in [0.05, 0.1) is 17.6 Å². The number of anilines is 2. The Morgan fingerprint density at radius 3 is 2.84 bits per heavy atom. The number of imidazole rings is 1. The second kappa shape index (κ2) is 4.88. The molecule has 4 N–H and O–H groups in total. The maximum atomic E-state index is 13.1. The molecule has 2 rings (SSSR count). The summed E-state index contributed by atoms with van der Waals surface area (Å²) in [5, 5.41) is -0.0898. The Morgan fingerprint density at radius 2 is 2.21 bits per heavy atom. The van der Waals surface area contributed by atoms with E-state index in [1.807, 2.05) is 6.92 Å². The van der Waals surface area contributed by atoms with E-state index in [2.05, 4.69) is 14.7 Å². The molecule has 0 atom stereocenters. The zero-order valence-corrected chi connectivity index (χ0v) is 11.0. The topological polar surface area (TPSA) is 101 Å². The van der Waals surface area contributed by atoms with Gasteiger partial charge in [-0.3, -0.25) is 4.72 Å². The molecule has 102 valence electrons. The number of aryl methyl sites for hydroxylation is 1. The van der Waals surface area contributed by atoms with E-state index >= 15 is 0 Å². The number of halogens is 1. The number of hydrogen-bond donors (Lipinski definition) is 3. The van der Waals surface area contributed by atoms with Gasteiger partial charge in [-0.1, -0.05) is 6.92 Å². The van der Waals surface area contributed by atoms with Crippen LogP contribution in [0.1, 0.15) is 12.7 Å². The van der Waals surface area contributed by atoms with Crippen LogP contribution >= 0.6 is 0 Å². The molecule has 0 saturated heterocycles. The summed E-state index contributed by atoms with van der Waals surface area (Å²) in [7, 11) is -3.86. The van der Waals surface area contributed by atoms with Crippen molar-refractivity contribution < 1.29 is 12.8 Å². The Hall–Kier alpha value is -2.09. The number of nitrogen functional groups attached to an aromatic ring is 1. The zero-order valence-electron chi connectivity index (χ0n) is 10.1. The van der Waals surface area contributed by atoms with Gasteiger partial charge in [0, 0.05) is 12.5 Å². The molecule has 19 heavy (non-hydrogen) atoms. The van der Waals surface area contributed by atoms with Gasteiger partial charge in [0.1, 0.15) is 11.6 Å². The van der Waals surface area contributed by atoms with E-state index in [-0.39, 0.29) is 16.4 Å². The smallest absolute Gasteiger partial charge is 0.279 e. The Labute approximate surface area is 109 Å². The SMILES string of the molecule is CCc1ncc(S(=O)(=O)Nc2cc(F)ccc2N)[nH]1. The summed E-state index contributed by atoms with van der Waals surface area (Å²) in [6.45, 7) is 1.84. The number of nitrogens with two attached hydrogens (primary N) is 1. The van der Waals surface area contributed by atoms with Crippen molar-refractivity contribution in [3.63, 3.8) is 0 Å². The Kier molecular flexibility index (Phi) is 3.43. The fourth-order valence-corrected chi connectivity index (χ4v) is 2.50. The number of rotatable bonds is 4. The van der Waals surface area contributed by atoms with Gasteiger partial charge in [-0.2, -0.15) is 8.42 Å². The van der Waals surface area contributed by atoms with Gasteiger partial charge in [-0.25, -0.2) is 9.37 Å². The molecular weight excluding hydrogens is 271 g/mol. The first-order chi connectivity index (χ1) is 8.92. The van der Waals surface area contributed by atoms with Crippen LogP contribution in [-0.2, 0) is 16.4 Å². The van der Waals surface area contributed by atoms with Crippen molar-refractivity contribution in [1.29, 1.82) is 0 Å². The minimum absolute atomic E-state index is 0.00681. The molecule has 0 amide bonds. The first-order valence-corrected chi connectivity index (χ1v) is 7.02. The molecule has 0 unspecified atom stereocenters. The third kappa shape index (κ3) is 2.84. The molecule has 0 aliphatic rings. The van der Waals surface area contributed by atoms with Crippen LogP contribution < -0.4 is 10.5 Å². The molecular formula is C11H13FN4O2S. The number of nitrogens with zero attached hydrogens (tertiary/aromatic N) is 1. The standard InChI is InChI=1S/C11H13FN4O2S/c1-2-10-14-6-11(15-10)19(17,18)16-9-5-7(12)3-4-8(9)13/h3-6,16H,2,13H2,1H3,(H,14,15). The highest BCUT2D eigenvalue weighted by molar-refractivity contribution is 7.92. The van der Waals surface area contributed by atoms with Crippen molar-refractivity contribution >= 4 is 21.4 Å². The Morgan fingerprint density at radius 1 is 1.47 bits per heavy atom. The monoisotopic (exact) mass is 284 g/mol. The molecule has 0 saturated carbocycles. The molecule has 0 spiro atoms. The van der Waals surface area contributed by atoms with Gasteiger partial charge in [0.25, 0.3) is 10.0 Å². The number of sulfonamides is 1. The van der Waals surface area contributed by atoms with E-state index < -0.39 is 15.8 Å². The molecule has 1 aromatic heterocycles. The second-order valence-corrected chi connectivity index (χ2v) is 5.54. The van der Waals surface area contributed by atoms with Crippen LogP contribution in [0.2, 0.25) is 0 Å². The number of aromatic amines is 1. The van der Waals surface area contributed by atoms with Crippen LogP contribution in [0.4, 0.5) is 15.8 Å². The number of benzene rings is 1. The number of aromatic nitrogens is 2. The fraction of sp³-hybridized carbons (Fsp3) is 0.182. The fourth-order valence-electron chi connectivity index (χ4n) is 1.48. The van der Waals surface area contributed by atoms with Crippen molar-refractivity contribution in [1.82, 2.24) is 9.97 Å². The summed E-state index contributed by atoms with van der Waals surface area (Å²) < 4.78 is 39.4. The van der Waals surface area contributed by atoms with E-state index in [0.717, 1.165) is 12.1 Å². The predicted octanol–water partition coefficient (Wildman–Crippen LogP) is 1.49. The highest BCUT2D eigenvalue weighted by Crippen LogP contribution is 2.22. The third-order valence-electron chi connectivity index (χ3n) is 2.49. The van der Waals surface area contributed by atoms with E-state index in [4.69, 9.17) is 5.73 Å². The molecule has 0 bridgehead atoms. The maximum Gasteiger partial charge on any atom is 0.279 e. The molecule has 0 aliphatic heterocycles. The van der Waals surface area contributed by atoms with Gasteiger partial charge < -0.3 is 10.7 Å². The summed E-state index contributed by atoms with van der Waals surface area (Å²) in [6, 6.07) is 3.46. The van der Waals surface area contributed by atoms with Crippen LogP contribution in [0, 0.1) is 5.82 Å². The lowest BCUT2D eigenvalue weighted by Crippen LogP contribution is -2.14. The van der Waals surface area contributed by atoms with E-state index in [1.54, 1.807) is 0 Å². The lowest BCUT2D eigenvalue weighted by Gasteiger charge is -2.08. The van der Waals surface area contributed by atoms with Gasteiger partial charge >= 0.3 is 0 Å². The van der Waals surface area contributed by atoms with E-state index in [1.165, 1.54) is 12.3 Å². The molecule has 6 nitrogen and oxygen atoms in total. The minimum Gasteiger partial charge on any atom is -0.397 e. The Balaban J connectivity index is 2.33. The van der Waals surface area contributed by atoms with Gasteiger partial charge in [-0.15, -0.1) is 0 Å². The normalized spacial score (nSPS) is 11.5. The quantitative estimate of drug-likeness (QED) is 0.740. The van der Waals surface area contributed by atoms with Crippen LogP contribution in [0.5, 0.6) is 0 Å². The van der Waals surface area contributed by atoms with Crippen molar-refractivity contribution in [2.45, 2.75) is 18.4 Å². The number of H-pyrrole nitrogens is 1. The van der Waals surface area contributed by atoms with Crippen molar-refractivity contribution in [3.05, 3.63) is 36.0 Å². The van der Waals surface area contributed by atoms with Gasteiger partial charge in [-0.05, 0) is 12.1 Å². The van der Waals surface area contributed by atoms with Crippen LogP contribution in [0.25, 0.3) is 0 Å². The highest BCUT2D eigenvalue weighted by atomic mass is 32.2. The molecule has 1 heterocycles. The average molecular weight is 284 g/mol. The van der Waals surface area contributed by atoms with E-state index in [0.29, 0.717) is 12.2 Å². The van der Waals surface area contributed by atoms with Crippen LogP contribution in [0.15, 0.2) is 29.4 Å². The highest BCUT2D eigenvalue weighted by Gasteiger charge is 2.18. The number of hydrogen-bond acceptors (Lipinski definition) is 4. The van der Waals surface area contributed by atoms with Gasteiger partial charge in [0.15, 0.2) is 5.03 Å². The predicted molar refractivity (Wildman–Crippen MR) is 69.6 cm³/mol. The Bertz CT molecular complexity index is 696. The summed E-state index contributed by atoms with van der Waals surface area (Å²) in [5.74, 6) is -0.0293. The lowest BCUT2D eigenvalue weighted by molar-refractivity contribution is 0.598. The van der Waals surface area contributed by atoms with Crippen LogP contribution in [-0.4, -0.2) is 18.4 Å². The third-order valence-corrected chi connectivity index (χ3v) is 3.76. The molecule has 1 aromatic carbocycles. The molecule has 8 heteroatoms. The summed E-state index contributed by atoms with van der Waals surface area (Å²) >= 11 is 0. The van der Waals surface area contributed by atoms with Crippen molar-refractivity contribution in [2.75, 3.05) is 10.5 Å². The number of nitrogens with one attached hydrogen (secondary N) is 2. The molecule has 0 aliphatic carbocycles. The maximum absolute atomic E-state index is 13.1. The van der Waals surface area contributed by atoms with Crippen molar-refractivity contribution in [2.24, 2.45) is 0 Å². The molecule has 0 fully saturated rings. The van der Waals surface area contributed by atoms with E-state index in [9.17, 15) is 12.8 Å². The molecule has 2 aromatic rings. The molecule has 0 radical (unpaired) electrons. The van der Waals surface area contributed by atoms with Gasteiger partial charge in [0.2, 0.25) is 0 Å². The summed E-state index contributed by atoms with van der Waals surface area (Å²) in [4.78, 5) is 6.56. The zero-order chi connectivity index (χ0) is 14.0. The first kappa shape index (κ1) is 13.3. The van der Waals surface area contributed by atoms with Crippen molar-refractivity contribution in [3.8, 4) is 0 Å². The minimum atomic E-state index is -3.86. The summed E-state index contributed by atoms with van der Waals surface area (Å²) in [5.41, 5.74) is 5.72. The average Bonchev–Trinajstić information content (AvgIpc) is 2.83. The lowest BCUT2D eigenvalue weighted by atomic mass is 10.3.